The topological polar surface area (TPSA) is 26.3 Å². The van der Waals surface area contributed by atoms with Gasteiger partial charge in [-0.3, -0.25) is 0 Å². The Morgan fingerprint density at radius 2 is 1.70 bits per heavy atom. The second-order valence-electron chi connectivity index (χ2n) is 5.36. The van der Waals surface area contributed by atoms with Crippen molar-refractivity contribution in [1.82, 2.24) is 0 Å². The van der Waals surface area contributed by atoms with Crippen molar-refractivity contribution in [3.8, 4) is 0 Å². The number of carbonyl (C=O) groups excluding carboxylic acids is 1. The van der Waals surface area contributed by atoms with Gasteiger partial charge in [0.2, 0.25) is 0 Å². The SMILES string of the molecule is CC/C=C/CCCCCCC/C=C/C1=C[C@@H](C)OC1=O. The Bertz CT molecular complexity index is 364. The lowest BCUT2D eigenvalue weighted by atomic mass is 10.1. The number of hydrogen-bond donors (Lipinski definition) is 0. The summed E-state index contributed by atoms with van der Waals surface area (Å²) < 4.78 is 5.04. The summed E-state index contributed by atoms with van der Waals surface area (Å²) >= 11 is 0. The molecule has 1 atom stereocenters. The van der Waals surface area contributed by atoms with Crippen molar-refractivity contribution in [2.45, 2.75) is 71.3 Å². The van der Waals surface area contributed by atoms with Gasteiger partial charge < -0.3 is 4.74 Å². The minimum absolute atomic E-state index is 0.0658. The standard InChI is InChI=1S/C18H28O2/c1-3-4-5-6-7-8-9-10-11-12-13-14-17-15-16(2)20-18(17)19/h4-5,13-16H,3,6-12H2,1-2H3/b5-4+,14-13+/t16-/m1/s1. The quantitative estimate of drug-likeness (QED) is 0.315. The van der Waals surface area contributed by atoms with Crippen LogP contribution in [0.15, 0.2) is 36.0 Å². The molecule has 0 saturated heterocycles. The molecule has 0 unspecified atom stereocenters. The minimum atomic E-state index is -0.186. The van der Waals surface area contributed by atoms with E-state index in [-0.39, 0.29) is 12.1 Å². The van der Waals surface area contributed by atoms with Gasteiger partial charge in [-0.2, -0.15) is 0 Å². The number of carbonyl (C=O) groups is 1. The Morgan fingerprint density at radius 3 is 2.30 bits per heavy atom. The molecule has 2 heteroatoms. The summed E-state index contributed by atoms with van der Waals surface area (Å²) in [5.41, 5.74) is 0.709. The van der Waals surface area contributed by atoms with Gasteiger partial charge in [0.1, 0.15) is 6.10 Å². The molecule has 0 bridgehead atoms. The maximum absolute atomic E-state index is 11.4. The van der Waals surface area contributed by atoms with E-state index in [9.17, 15) is 4.79 Å². The van der Waals surface area contributed by atoms with Crippen molar-refractivity contribution in [3.63, 3.8) is 0 Å². The molecular formula is C18H28O2. The highest BCUT2D eigenvalue weighted by atomic mass is 16.5. The molecule has 2 nitrogen and oxygen atoms in total. The van der Waals surface area contributed by atoms with E-state index in [2.05, 4.69) is 25.2 Å². The van der Waals surface area contributed by atoms with Crippen molar-refractivity contribution in [1.29, 1.82) is 0 Å². The normalized spacial score (nSPS) is 19.0. The first-order valence-electron chi connectivity index (χ1n) is 7.98. The second kappa shape index (κ2) is 10.5. The maximum Gasteiger partial charge on any atom is 0.338 e. The largest absolute Gasteiger partial charge is 0.455 e. The van der Waals surface area contributed by atoms with Gasteiger partial charge in [0.05, 0.1) is 5.57 Å². The van der Waals surface area contributed by atoms with Crippen LogP contribution in [0, 0.1) is 0 Å². The van der Waals surface area contributed by atoms with Crippen molar-refractivity contribution < 1.29 is 9.53 Å². The summed E-state index contributed by atoms with van der Waals surface area (Å²) in [4.78, 5) is 11.4. The Morgan fingerprint density at radius 1 is 1.05 bits per heavy atom. The summed E-state index contributed by atoms with van der Waals surface area (Å²) in [5.74, 6) is -0.186. The smallest absolute Gasteiger partial charge is 0.338 e. The molecule has 0 spiro atoms. The fourth-order valence-electron chi connectivity index (χ4n) is 2.26. The van der Waals surface area contributed by atoms with E-state index in [0.29, 0.717) is 5.57 Å². The number of allylic oxidation sites excluding steroid dienone is 3. The number of ether oxygens (including phenoxy) is 1. The molecule has 1 rings (SSSR count). The van der Waals surface area contributed by atoms with Crippen LogP contribution >= 0.6 is 0 Å². The number of unbranched alkanes of at least 4 members (excludes halogenated alkanes) is 6. The monoisotopic (exact) mass is 276 g/mol. The van der Waals surface area contributed by atoms with Crippen LogP contribution in [0.2, 0.25) is 0 Å². The molecule has 0 amide bonds. The van der Waals surface area contributed by atoms with Crippen LogP contribution < -0.4 is 0 Å². The Hall–Kier alpha value is -1.31. The van der Waals surface area contributed by atoms with Crippen LogP contribution in [0.5, 0.6) is 0 Å². The molecule has 1 heterocycles. The number of rotatable bonds is 10. The maximum atomic E-state index is 11.4. The molecular weight excluding hydrogens is 248 g/mol. The highest BCUT2D eigenvalue weighted by Gasteiger charge is 2.19. The molecule has 20 heavy (non-hydrogen) atoms. The van der Waals surface area contributed by atoms with Gasteiger partial charge in [-0.25, -0.2) is 4.79 Å². The fraction of sp³-hybridized carbons (Fsp3) is 0.611. The zero-order valence-electron chi connectivity index (χ0n) is 12.9. The first kappa shape index (κ1) is 16.7. The van der Waals surface area contributed by atoms with Crippen LogP contribution in [0.25, 0.3) is 0 Å². The van der Waals surface area contributed by atoms with Gasteiger partial charge in [-0.05, 0) is 45.1 Å². The molecule has 0 aromatic rings. The Kier molecular flexibility index (Phi) is 8.77. The molecule has 0 aromatic carbocycles. The first-order valence-corrected chi connectivity index (χ1v) is 7.98. The number of esters is 1. The molecule has 0 radical (unpaired) electrons. The third-order valence-electron chi connectivity index (χ3n) is 3.38. The molecule has 0 saturated carbocycles. The lowest BCUT2D eigenvalue weighted by molar-refractivity contribution is -0.138. The zero-order chi connectivity index (χ0) is 14.6. The van der Waals surface area contributed by atoms with Crippen molar-refractivity contribution in [2.24, 2.45) is 0 Å². The molecule has 0 fully saturated rings. The molecule has 0 aliphatic carbocycles. The summed E-state index contributed by atoms with van der Waals surface area (Å²) in [6.07, 6.45) is 20.2. The van der Waals surface area contributed by atoms with E-state index in [1.54, 1.807) is 0 Å². The summed E-state index contributed by atoms with van der Waals surface area (Å²) in [6.45, 7) is 4.06. The lowest BCUT2D eigenvalue weighted by Crippen LogP contribution is -2.02. The predicted molar refractivity (Wildman–Crippen MR) is 84.5 cm³/mol. The van der Waals surface area contributed by atoms with Crippen molar-refractivity contribution in [3.05, 3.63) is 36.0 Å². The van der Waals surface area contributed by atoms with E-state index >= 15 is 0 Å². The van der Waals surface area contributed by atoms with Crippen LogP contribution in [0.3, 0.4) is 0 Å². The fourth-order valence-corrected chi connectivity index (χ4v) is 2.26. The van der Waals surface area contributed by atoms with Gasteiger partial charge in [-0.1, -0.05) is 50.5 Å². The molecule has 0 aromatic heterocycles. The minimum Gasteiger partial charge on any atom is -0.455 e. The summed E-state index contributed by atoms with van der Waals surface area (Å²) in [5, 5.41) is 0. The van der Waals surface area contributed by atoms with Gasteiger partial charge in [0.15, 0.2) is 0 Å². The van der Waals surface area contributed by atoms with E-state index in [1.165, 1.54) is 38.5 Å². The Labute approximate surface area is 123 Å². The van der Waals surface area contributed by atoms with Gasteiger partial charge in [0.25, 0.3) is 0 Å². The van der Waals surface area contributed by atoms with Crippen LogP contribution in [-0.2, 0) is 9.53 Å². The molecule has 112 valence electrons. The number of cyclic esters (lactones) is 1. The zero-order valence-corrected chi connectivity index (χ0v) is 12.9. The van der Waals surface area contributed by atoms with Crippen LogP contribution in [0.4, 0.5) is 0 Å². The second-order valence-corrected chi connectivity index (χ2v) is 5.36. The van der Waals surface area contributed by atoms with Crippen LogP contribution in [0.1, 0.15) is 65.2 Å². The molecule has 0 N–H and O–H groups in total. The highest BCUT2D eigenvalue weighted by molar-refractivity contribution is 5.93. The first-order chi connectivity index (χ1) is 9.74. The molecule has 1 aliphatic rings. The third kappa shape index (κ3) is 7.32. The van der Waals surface area contributed by atoms with E-state index in [0.717, 1.165) is 12.8 Å². The van der Waals surface area contributed by atoms with E-state index in [4.69, 9.17) is 4.74 Å². The number of hydrogen-bond acceptors (Lipinski definition) is 2. The summed E-state index contributed by atoms with van der Waals surface area (Å²) in [6, 6.07) is 0. The molecule has 1 aliphatic heterocycles. The van der Waals surface area contributed by atoms with Crippen molar-refractivity contribution >= 4 is 5.97 Å². The average molecular weight is 276 g/mol. The summed E-state index contributed by atoms with van der Waals surface area (Å²) in [7, 11) is 0. The third-order valence-corrected chi connectivity index (χ3v) is 3.38. The Balaban J connectivity index is 1.96. The van der Waals surface area contributed by atoms with Crippen LogP contribution in [-0.4, -0.2) is 12.1 Å². The average Bonchev–Trinajstić information content (AvgIpc) is 2.74. The predicted octanol–water partition coefficient (Wildman–Crippen LogP) is 5.11. The van der Waals surface area contributed by atoms with Crippen molar-refractivity contribution in [2.75, 3.05) is 0 Å². The van der Waals surface area contributed by atoms with Gasteiger partial charge in [0, 0.05) is 0 Å². The van der Waals surface area contributed by atoms with Gasteiger partial charge in [-0.15, -0.1) is 0 Å². The van der Waals surface area contributed by atoms with E-state index < -0.39 is 0 Å². The lowest BCUT2D eigenvalue weighted by Gasteiger charge is -1.98. The van der Waals surface area contributed by atoms with Gasteiger partial charge >= 0.3 is 5.97 Å². The van der Waals surface area contributed by atoms with E-state index in [1.807, 2.05) is 19.1 Å². The highest BCUT2D eigenvalue weighted by Crippen LogP contribution is 2.15.